The van der Waals surface area contributed by atoms with Crippen LogP contribution in [-0.4, -0.2) is 23.0 Å². The van der Waals surface area contributed by atoms with E-state index in [2.05, 4.69) is 21.2 Å². The van der Waals surface area contributed by atoms with Crippen LogP contribution in [0.2, 0.25) is 0 Å². The van der Waals surface area contributed by atoms with Gasteiger partial charge in [0.05, 0.1) is 5.92 Å². The number of carbonyl (C=O) groups is 2. The standard InChI is InChI=1S/C16H22BrNO3/c1-10(16(20)21)6-4-7-11(2)18-15(19)13-8-5-9-14(17)12(13)3/h5,8-11H,4,6-7H2,1-3H3,(H,18,19)(H,20,21). The predicted molar refractivity (Wildman–Crippen MR) is 86.5 cm³/mol. The second-order valence-electron chi connectivity index (χ2n) is 5.46. The van der Waals surface area contributed by atoms with Gasteiger partial charge in [-0.05, 0) is 44.4 Å². The van der Waals surface area contributed by atoms with Crippen molar-refractivity contribution >= 4 is 27.8 Å². The summed E-state index contributed by atoms with van der Waals surface area (Å²) in [5.41, 5.74) is 1.58. The maximum absolute atomic E-state index is 12.2. The maximum Gasteiger partial charge on any atom is 0.306 e. The molecule has 0 aliphatic rings. The van der Waals surface area contributed by atoms with Crippen LogP contribution in [0.4, 0.5) is 0 Å². The fraction of sp³-hybridized carbons (Fsp3) is 0.500. The van der Waals surface area contributed by atoms with E-state index < -0.39 is 5.97 Å². The normalized spacial score (nSPS) is 13.5. The molecule has 5 heteroatoms. The van der Waals surface area contributed by atoms with Gasteiger partial charge in [0.2, 0.25) is 0 Å². The summed E-state index contributed by atoms with van der Waals surface area (Å²) in [7, 11) is 0. The highest BCUT2D eigenvalue weighted by Gasteiger charge is 2.15. The van der Waals surface area contributed by atoms with Gasteiger partial charge in [0.1, 0.15) is 0 Å². The van der Waals surface area contributed by atoms with Crippen molar-refractivity contribution in [3.63, 3.8) is 0 Å². The Labute approximate surface area is 134 Å². The number of benzene rings is 1. The second kappa shape index (κ2) is 8.17. The molecule has 0 spiro atoms. The first-order chi connectivity index (χ1) is 9.82. The van der Waals surface area contributed by atoms with E-state index >= 15 is 0 Å². The van der Waals surface area contributed by atoms with E-state index in [-0.39, 0.29) is 17.9 Å². The van der Waals surface area contributed by atoms with Crippen molar-refractivity contribution in [3.05, 3.63) is 33.8 Å². The van der Waals surface area contributed by atoms with Crippen LogP contribution in [0.1, 0.15) is 49.0 Å². The highest BCUT2D eigenvalue weighted by Crippen LogP contribution is 2.19. The number of rotatable bonds is 7. The van der Waals surface area contributed by atoms with E-state index in [0.717, 1.165) is 22.9 Å². The molecule has 0 aromatic heterocycles. The molecular formula is C16H22BrNO3. The Morgan fingerprint density at radius 1 is 1.29 bits per heavy atom. The van der Waals surface area contributed by atoms with Crippen LogP contribution in [-0.2, 0) is 4.79 Å². The number of carboxylic acid groups (broad SMARTS) is 1. The van der Waals surface area contributed by atoms with Gasteiger partial charge < -0.3 is 10.4 Å². The minimum absolute atomic E-state index is 0.0249. The number of hydrogen-bond acceptors (Lipinski definition) is 2. The molecule has 0 fully saturated rings. The molecule has 2 N–H and O–H groups in total. The Bertz CT molecular complexity index is 516. The smallest absolute Gasteiger partial charge is 0.306 e. The van der Waals surface area contributed by atoms with Gasteiger partial charge in [-0.25, -0.2) is 0 Å². The lowest BCUT2D eigenvalue weighted by Gasteiger charge is -2.16. The molecule has 0 saturated heterocycles. The van der Waals surface area contributed by atoms with Crippen molar-refractivity contribution in [1.29, 1.82) is 0 Å². The average molecular weight is 356 g/mol. The molecule has 1 amide bonds. The Hall–Kier alpha value is -1.36. The van der Waals surface area contributed by atoms with Gasteiger partial charge in [-0.1, -0.05) is 35.3 Å². The lowest BCUT2D eigenvalue weighted by atomic mass is 10.0. The highest BCUT2D eigenvalue weighted by atomic mass is 79.9. The number of hydrogen-bond donors (Lipinski definition) is 2. The van der Waals surface area contributed by atoms with Crippen LogP contribution in [0.3, 0.4) is 0 Å². The van der Waals surface area contributed by atoms with Crippen molar-refractivity contribution in [3.8, 4) is 0 Å². The fourth-order valence-electron chi connectivity index (χ4n) is 2.08. The molecular weight excluding hydrogens is 334 g/mol. The zero-order chi connectivity index (χ0) is 16.0. The molecule has 0 aliphatic carbocycles. The zero-order valence-electron chi connectivity index (χ0n) is 12.6. The first-order valence-electron chi connectivity index (χ1n) is 7.11. The molecule has 0 heterocycles. The van der Waals surface area contributed by atoms with Gasteiger partial charge in [0.15, 0.2) is 0 Å². The number of amides is 1. The van der Waals surface area contributed by atoms with Gasteiger partial charge in [-0.15, -0.1) is 0 Å². The van der Waals surface area contributed by atoms with Crippen molar-refractivity contribution in [2.24, 2.45) is 5.92 Å². The van der Waals surface area contributed by atoms with Gasteiger partial charge >= 0.3 is 5.97 Å². The Morgan fingerprint density at radius 3 is 2.57 bits per heavy atom. The summed E-state index contributed by atoms with van der Waals surface area (Å²) < 4.78 is 0.915. The Kier molecular flexibility index (Phi) is 6.89. The molecule has 1 aromatic rings. The minimum atomic E-state index is -0.767. The van der Waals surface area contributed by atoms with Crippen molar-refractivity contribution in [2.75, 3.05) is 0 Å². The van der Waals surface area contributed by atoms with Crippen LogP contribution < -0.4 is 5.32 Å². The van der Waals surface area contributed by atoms with Gasteiger partial charge in [0.25, 0.3) is 5.91 Å². The third-order valence-electron chi connectivity index (χ3n) is 3.59. The molecule has 21 heavy (non-hydrogen) atoms. The number of carboxylic acids is 1. The second-order valence-corrected chi connectivity index (χ2v) is 6.31. The Morgan fingerprint density at radius 2 is 1.95 bits per heavy atom. The summed E-state index contributed by atoms with van der Waals surface area (Å²) in [5, 5.41) is 11.8. The summed E-state index contributed by atoms with van der Waals surface area (Å²) in [6.45, 7) is 5.55. The molecule has 2 unspecified atom stereocenters. The third kappa shape index (κ3) is 5.50. The number of carbonyl (C=O) groups excluding carboxylic acids is 1. The van der Waals surface area contributed by atoms with E-state index in [1.165, 1.54) is 0 Å². The molecule has 0 saturated carbocycles. The number of aliphatic carboxylic acids is 1. The summed E-state index contributed by atoms with van der Waals surface area (Å²) in [5.74, 6) is -1.19. The molecule has 0 bridgehead atoms. The Balaban J connectivity index is 2.47. The van der Waals surface area contributed by atoms with E-state index in [9.17, 15) is 9.59 Å². The summed E-state index contributed by atoms with van der Waals surface area (Å²) >= 11 is 3.42. The lowest BCUT2D eigenvalue weighted by molar-refractivity contribution is -0.141. The van der Waals surface area contributed by atoms with Crippen LogP contribution >= 0.6 is 15.9 Å². The van der Waals surface area contributed by atoms with Gasteiger partial charge in [-0.3, -0.25) is 9.59 Å². The van der Waals surface area contributed by atoms with E-state index in [1.54, 1.807) is 13.0 Å². The molecule has 0 aliphatic heterocycles. The fourth-order valence-corrected chi connectivity index (χ4v) is 2.45. The molecule has 4 nitrogen and oxygen atoms in total. The zero-order valence-corrected chi connectivity index (χ0v) is 14.2. The topological polar surface area (TPSA) is 66.4 Å². The summed E-state index contributed by atoms with van der Waals surface area (Å²) in [4.78, 5) is 22.9. The van der Waals surface area contributed by atoms with Crippen molar-refractivity contribution < 1.29 is 14.7 Å². The van der Waals surface area contributed by atoms with Crippen LogP contribution in [0.5, 0.6) is 0 Å². The average Bonchev–Trinajstić information content (AvgIpc) is 2.41. The number of halogens is 1. The van der Waals surface area contributed by atoms with Gasteiger partial charge in [0, 0.05) is 16.1 Å². The van der Waals surface area contributed by atoms with Crippen LogP contribution in [0.15, 0.2) is 22.7 Å². The number of nitrogens with one attached hydrogen (secondary N) is 1. The minimum Gasteiger partial charge on any atom is -0.481 e. The first kappa shape index (κ1) is 17.7. The maximum atomic E-state index is 12.2. The highest BCUT2D eigenvalue weighted by molar-refractivity contribution is 9.10. The summed E-state index contributed by atoms with van der Waals surface area (Å²) in [6, 6.07) is 5.57. The molecule has 2 atom stereocenters. The van der Waals surface area contributed by atoms with Crippen LogP contribution in [0.25, 0.3) is 0 Å². The molecule has 0 radical (unpaired) electrons. The van der Waals surface area contributed by atoms with Gasteiger partial charge in [-0.2, -0.15) is 0 Å². The molecule has 1 aromatic carbocycles. The van der Waals surface area contributed by atoms with E-state index in [0.29, 0.717) is 12.0 Å². The molecule has 116 valence electrons. The van der Waals surface area contributed by atoms with Crippen molar-refractivity contribution in [2.45, 2.75) is 46.1 Å². The van der Waals surface area contributed by atoms with Crippen LogP contribution in [0, 0.1) is 12.8 Å². The lowest BCUT2D eigenvalue weighted by Crippen LogP contribution is -2.33. The molecule has 1 rings (SSSR count). The SMILES string of the molecule is Cc1c(Br)cccc1C(=O)NC(C)CCCC(C)C(=O)O. The monoisotopic (exact) mass is 355 g/mol. The predicted octanol–water partition coefficient (Wildman–Crippen LogP) is 3.77. The quantitative estimate of drug-likeness (QED) is 0.782. The van der Waals surface area contributed by atoms with E-state index in [4.69, 9.17) is 5.11 Å². The van der Waals surface area contributed by atoms with Crippen molar-refractivity contribution in [1.82, 2.24) is 5.32 Å². The first-order valence-corrected chi connectivity index (χ1v) is 7.91. The largest absolute Gasteiger partial charge is 0.481 e. The third-order valence-corrected chi connectivity index (χ3v) is 4.44. The van der Waals surface area contributed by atoms with E-state index in [1.807, 2.05) is 26.0 Å². The summed E-state index contributed by atoms with van der Waals surface area (Å²) in [6.07, 6.45) is 2.19.